The Balaban J connectivity index is 3.61. The van der Waals surface area contributed by atoms with Gasteiger partial charge in [0.25, 0.3) is 0 Å². The summed E-state index contributed by atoms with van der Waals surface area (Å²) in [6.07, 6.45) is 12.1. The highest BCUT2D eigenvalue weighted by molar-refractivity contribution is 7.51. The van der Waals surface area contributed by atoms with E-state index in [0.717, 1.165) is 83.8 Å². The molecule has 8 nitrogen and oxygen atoms in total. The average Bonchev–Trinajstić information content (AvgIpc) is 2.64. The molecule has 0 aliphatic heterocycles. The Hall–Kier alpha value is 0.220. The van der Waals surface area contributed by atoms with Crippen LogP contribution in [0.5, 0.6) is 0 Å². The maximum atomic E-state index is 11.1. The second-order valence-electron chi connectivity index (χ2n) is 10.7. The Kier molecular flexibility index (Phi) is 16.9. The van der Waals surface area contributed by atoms with Gasteiger partial charge in [-0.3, -0.25) is 9.09 Å². The monoisotopic (exact) mass is 516 g/mol. The number of hydrogen-bond donors (Lipinski definition) is 3. The van der Waals surface area contributed by atoms with Gasteiger partial charge in [0, 0.05) is 19.9 Å². The van der Waals surface area contributed by atoms with Gasteiger partial charge >= 0.3 is 15.4 Å². The Morgan fingerprint density at radius 1 is 0.576 bits per heavy atom. The van der Waals surface area contributed by atoms with E-state index in [4.69, 9.17) is 23.9 Å². The molecular weight excluding hydrogens is 466 g/mol. The molecule has 0 radical (unpaired) electrons. The van der Waals surface area contributed by atoms with Crippen LogP contribution in [0.1, 0.15) is 105 Å². The van der Waals surface area contributed by atoms with Gasteiger partial charge in [-0.2, -0.15) is 0 Å². The minimum Gasteiger partial charge on any atom is -0.381 e. The number of rotatable bonds is 22. The maximum absolute atomic E-state index is 11.1. The SMILES string of the molecule is CC(C)(CCCCOCCCCC(C)(C)CCCCOP(=O)(O)O)CCCCOP(C)(=O)O. The molecule has 0 fully saturated rings. The van der Waals surface area contributed by atoms with Gasteiger partial charge in [0.05, 0.1) is 13.2 Å². The van der Waals surface area contributed by atoms with Crippen molar-refractivity contribution in [3.05, 3.63) is 0 Å². The fourth-order valence-electron chi connectivity index (χ4n) is 3.80. The molecule has 10 heteroatoms. The zero-order valence-corrected chi connectivity index (χ0v) is 23.4. The first kappa shape index (κ1) is 33.2. The van der Waals surface area contributed by atoms with Crippen molar-refractivity contribution in [3.63, 3.8) is 0 Å². The highest BCUT2D eigenvalue weighted by Crippen LogP contribution is 2.37. The normalized spacial score (nSPS) is 15.0. The Labute approximate surface area is 202 Å². The topological polar surface area (TPSA) is 123 Å². The van der Waals surface area contributed by atoms with E-state index in [0.29, 0.717) is 13.0 Å². The first-order valence-electron chi connectivity index (χ1n) is 12.3. The van der Waals surface area contributed by atoms with Gasteiger partial charge in [0.1, 0.15) is 0 Å². The molecule has 1 unspecified atom stereocenters. The van der Waals surface area contributed by atoms with Gasteiger partial charge in [-0.1, -0.05) is 53.4 Å². The molecule has 0 rings (SSSR count). The lowest BCUT2D eigenvalue weighted by Crippen LogP contribution is -2.12. The molecular formula is C23H50O8P2. The van der Waals surface area contributed by atoms with E-state index in [1.54, 1.807) is 0 Å². The molecule has 1 atom stereocenters. The van der Waals surface area contributed by atoms with Gasteiger partial charge in [-0.15, -0.1) is 0 Å². The Morgan fingerprint density at radius 3 is 1.24 bits per heavy atom. The summed E-state index contributed by atoms with van der Waals surface area (Å²) in [5, 5.41) is 0. The lowest BCUT2D eigenvalue weighted by Gasteiger charge is -2.25. The highest BCUT2D eigenvalue weighted by atomic mass is 31.2. The second kappa shape index (κ2) is 16.8. The van der Waals surface area contributed by atoms with Crippen molar-refractivity contribution >= 4 is 15.4 Å². The van der Waals surface area contributed by atoms with Crippen LogP contribution in [0.3, 0.4) is 0 Å². The molecule has 0 aromatic carbocycles. The molecule has 3 N–H and O–H groups in total. The number of phosphoric ester groups is 1. The quantitative estimate of drug-likeness (QED) is 0.108. The van der Waals surface area contributed by atoms with Crippen LogP contribution in [0.15, 0.2) is 0 Å². The molecule has 0 aromatic rings. The van der Waals surface area contributed by atoms with Crippen molar-refractivity contribution in [2.45, 2.75) is 105 Å². The lowest BCUT2D eigenvalue weighted by molar-refractivity contribution is 0.119. The summed E-state index contributed by atoms with van der Waals surface area (Å²) >= 11 is 0. The number of hydrogen-bond acceptors (Lipinski definition) is 5. The fraction of sp³-hybridized carbons (Fsp3) is 1.00. The van der Waals surface area contributed by atoms with E-state index in [2.05, 4.69) is 32.2 Å². The molecule has 0 aliphatic carbocycles. The molecule has 0 aliphatic rings. The molecule has 0 bridgehead atoms. The average molecular weight is 517 g/mol. The third-order valence-electron chi connectivity index (χ3n) is 5.87. The standard InChI is InChI=1S/C23H50O8P2/c1-22(2,16-8-12-20-30-32(5,24)25)14-6-10-18-29-19-11-7-15-23(3,4)17-9-13-21-31-33(26,27)28/h6-21H2,1-5H3,(H,24,25)(H2,26,27,28). The predicted octanol–water partition coefficient (Wildman–Crippen LogP) is 6.68. The summed E-state index contributed by atoms with van der Waals surface area (Å²) in [6, 6.07) is 0. The third kappa shape index (κ3) is 25.1. The Bertz CT molecular complexity index is 533. The van der Waals surface area contributed by atoms with Crippen LogP contribution in [0.4, 0.5) is 0 Å². The fourth-order valence-corrected chi connectivity index (χ4v) is 4.63. The first-order valence-corrected chi connectivity index (χ1v) is 15.9. The summed E-state index contributed by atoms with van der Waals surface area (Å²) < 4.78 is 36.9. The number of phosphoric acid groups is 1. The lowest BCUT2D eigenvalue weighted by atomic mass is 9.82. The van der Waals surface area contributed by atoms with E-state index < -0.39 is 15.4 Å². The molecule has 0 saturated heterocycles. The molecule has 0 saturated carbocycles. The van der Waals surface area contributed by atoms with E-state index in [1.807, 2.05) is 0 Å². The third-order valence-corrected chi connectivity index (χ3v) is 7.05. The summed E-state index contributed by atoms with van der Waals surface area (Å²) in [6.45, 7) is 12.3. The first-order chi connectivity index (χ1) is 15.1. The van der Waals surface area contributed by atoms with Crippen LogP contribution in [0, 0.1) is 10.8 Å². The maximum Gasteiger partial charge on any atom is 0.469 e. The smallest absolute Gasteiger partial charge is 0.381 e. The molecule has 0 aromatic heterocycles. The second-order valence-corrected chi connectivity index (χ2v) is 13.8. The van der Waals surface area contributed by atoms with Gasteiger partial charge < -0.3 is 23.9 Å². The molecule has 200 valence electrons. The van der Waals surface area contributed by atoms with Crippen molar-refractivity contribution in [2.24, 2.45) is 10.8 Å². The minimum atomic E-state index is -4.34. The Morgan fingerprint density at radius 2 is 0.909 bits per heavy atom. The van der Waals surface area contributed by atoms with Crippen LogP contribution in [-0.4, -0.2) is 47.8 Å². The van der Waals surface area contributed by atoms with Crippen molar-refractivity contribution in [3.8, 4) is 0 Å². The van der Waals surface area contributed by atoms with Crippen molar-refractivity contribution in [2.75, 3.05) is 33.1 Å². The molecule has 0 spiro atoms. The summed E-state index contributed by atoms with van der Waals surface area (Å²) in [5.41, 5.74) is 0.483. The number of ether oxygens (including phenoxy) is 1. The molecule has 0 amide bonds. The number of unbranched alkanes of at least 4 members (excludes halogenated alkanes) is 4. The van der Waals surface area contributed by atoms with Crippen molar-refractivity contribution < 1.29 is 37.6 Å². The van der Waals surface area contributed by atoms with E-state index in [9.17, 15) is 9.13 Å². The highest BCUT2D eigenvalue weighted by Gasteiger charge is 2.19. The summed E-state index contributed by atoms with van der Waals surface area (Å²) in [4.78, 5) is 26.5. The van der Waals surface area contributed by atoms with Crippen LogP contribution in [-0.2, 0) is 22.9 Å². The molecule has 0 heterocycles. The largest absolute Gasteiger partial charge is 0.469 e. The summed E-state index contributed by atoms with van der Waals surface area (Å²) in [5.74, 6) is 0. The van der Waals surface area contributed by atoms with Crippen LogP contribution in [0.2, 0.25) is 0 Å². The van der Waals surface area contributed by atoms with Gasteiger partial charge in [0.2, 0.25) is 0 Å². The van der Waals surface area contributed by atoms with Crippen LogP contribution in [0.25, 0.3) is 0 Å². The van der Waals surface area contributed by atoms with Gasteiger partial charge in [-0.05, 0) is 62.2 Å². The van der Waals surface area contributed by atoms with E-state index in [1.165, 1.54) is 6.66 Å². The zero-order valence-electron chi connectivity index (χ0n) is 21.6. The van der Waals surface area contributed by atoms with Crippen LogP contribution < -0.4 is 0 Å². The van der Waals surface area contributed by atoms with Gasteiger partial charge in [0.15, 0.2) is 0 Å². The summed E-state index contributed by atoms with van der Waals surface area (Å²) in [7, 11) is -7.68. The van der Waals surface area contributed by atoms with E-state index in [-0.39, 0.29) is 17.4 Å². The minimum absolute atomic E-state index is 0.105. The zero-order chi connectivity index (χ0) is 25.4. The molecule has 33 heavy (non-hydrogen) atoms. The van der Waals surface area contributed by atoms with Gasteiger partial charge in [-0.25, -0.2) is 4.57 Å². The predicted molar refractivity (Wildman–Crippen MR) is 133 cm³/mol. The van der Waals surface area contributed by atoms with E-state index >= 15 is 0 Å². The van der Waals surface area contributed by atoms with Crippen molar-refractivity contribution in [1.82, 2.24) is 0 Å². The van der Waals surface area contributed by atoms with Crippen LogP contribution >= 0.6 is 15.4 Å². The van der Waals surface area contributed by atoms with Crippen molar-refractivity contribution in [1.29, 1.82) is 0 Å².